The van der Waals surface area contributed by atoms with Gasteiger partial charge < -0.3 is 5.32 Å². The van der Waals surface area contributed by atoms with Crippen molar-refractivity contribution in [3.63, 3.8) is 0 Å². The first-order chi connectivity index (χ1) is 10.6. The lowest BCUT2D eigenvalue weighted by molar-refractivity contribution is -0.383. The minimum atomic E-state index is -0.372. The SMILES string of the molecule is CC1NNC(C)C1CNc1ccc([N+](=O)[O-])c2cccnc12. The molecule has 1 saturated heterocycles. The summed E-state index contributed by atoms with van der Waals surface area (Å²) in [6.45, 7) is 5.04. The Kier molecular flexibility index (Phi) is 3.91. The monoisotopic (exact) mass is 301 g/mol. The van der Waals surface area contributed by atoms with E-state index >= 15 is 0 Å². The van der Waals surface area contributed by atoms with Crippen molar-refractivity contribution in [2.75, 3.05) is 11.9 Å². The molecule has 1 fully saturated rings. The van der Waals surface area contributed by atoms with Crippen molar-refractivity contribution in [1.29, 1.82) is 0 Å². The normalized spacial score (nSPS) is 24.5. The highest BCUT2D eigenvalue weighted by molar-refractivity contribution is 5.96. The molecular formula is C15H19N5O2. The molecule has 1 aromatic heterocycles. The molecule has 1 aliphatic rings. The number of pyridine rings is 1. The molecule has 7 nitrogen and oxygen atoms in total. The molecular weight excluding hydrogens is 282 g/mol. The fourth-order valence-electron chi connectivity index (χ4n) is 2.95. The van der Waals surface area contributed by atoms with Gasteiger partial charge in [-0.25, -0.2) is 0 Å². The van der Waals surface area contributed by atoms with E-state index in [1.807, 2.05) is 0 Å². The number of hydrogen-bond donors (Lipinski definition) is 3. The van der Waals surface area contributed by atoms with Gasteiger partial charge in [0, 0.05) is 36.8 Å². The van der Waals surface area contributed by atoms with Crippen LogP contribution in [0.25, 0.3) is 10.9 Å². The molecule has 0 spiro atoms. The molecule has 116 valence electrons. The highest BCUT2D eigenvalue weighted by Gasteiger charge is 2.29. The molecule has 0 saturated carbocycles. The van der Waals surface area contributed by atoms with Crippen LogP contribution in [0, 0.1) is 16.0 Å². The van der Waals surface area contributed by atoms with Crippen molar-refractivity contribution < 1.29 is 4.92 Å². The van der Waals surface area contributed by atoms with E-state index in [4.69, 9.17) is 0 Å². The molecule has 0 aliphatic carbocycles. The molecule has 22 heavy (non-hydrogen) atoms. The average molecular weight is 301 g/mol. The van der Waals surface area contributed by atoms with Crippen molar-refractivity contribution in [1.82, 2.24) is 15.8 Å². The molecule has 0 bridgehead atoms. The summed E-state index contributed by atoms with van der Waals surface area (Å²) >= 11 is 0. The van der Waals surface area contributed by atoms with Crippen LogP contribution >= 0.6 is 0 Å². The highest BCUT2D eigenvalue weighted by atomic mass is 16.6. The Morgan fingerprint density at radius 3 is 2.68 bits per heavy atom. The van der Waals surface area contributed by atoms with Gasteiger partial charge in [0.25, 0.3) is 5.69 Å². The van der Waals surface area contributed by atoms with Gasteiger partial charge in [0.05, 0.1) is 16.0 Å². The lowest BCUT2D eigenvalue weighted by atomic mass is 9.96. The summed E-state index contributed by atoms with van der Waals surface area (Å²) < 4.78 is 0. The molecule has 7 heteroatoms. The topological polar surface area (TPSA) is 92.1 Å². The first-order valence-corrected chi connectivity index (χ1v) is 7.35. The van der Waals surface area contributed by atoms with E-state index in [1.165, 1.54) is 6.07 Å². The Bertz CT molecular complexity index is 695. The van der Waals surface area contributed by atoms with Gasteiger partial charge in [-0.15, -0.1) is 0 Å². The second-order valence-corrected chi connectivity index (χ2v) is 5.70. The fourth-order valence-corrected chi connectivity index (χ4v) is 2.95. The van der Waals surface area contributed by atoms with Gasteiger partial charge in [-0.1, -0.05) is 0 Å². The second kappa shape index (κ2) is 5.86. The maximum Gasteiger partial charge on any atom is 0.278 e. The second-order valence-electron chi connectivity index (χ2n) is 5.70. The van der Waals surface area contributed by atoms with Crippen molar-refractivity contribution in [3.05, 3.63) is 40.6 Å². The fraction of sp³-hybridized carbons (Fsp3) is 0.400. The largest absolute Gasteiger partial charge is 0.383 e. The highest BCUT2D eigenvalue weighted by Crippen LogP contribution is 2.30. The van der Waals surface area contributed by atoms with Crippen LogP contribution in [0.1, 0.15) is 13.8 Å². The number of hydrazine groups is 1. The minimum absolute atomic E-state index is 0.0829. The van der Waals surface area contributed by atoms with Gasteiger partial charge in [0.1, 0.15) is 5.52 Å². The van der Waals surface area contributed by atoms with E-state index in [-0.39, 0.29) is 10.6 Å². The van der Waals surface area contributed by atoms with Gasteiger partial charge >= 0.3 is 0 Å². The number of nitrogens with one attached hydrogen (secondary N) is 3. The third kappa shape index (κ3) is 2.60. The molecule has 2 unspecified atom stereocenters. The number of rotatable bonds is 4. The number of anilines is 1. The molecule has 2 heterocycles. The van der Waals surface area contributed by atoms with E-state index in [0.717, 1.165) is 12.2 Å². The Morgan fingerprint density at radius 2 is 2.00 bits per heavy atom. The maximum atomic E-state index is 11.1. The van der Waals surface area contributed by atoms with Crippen LogP contribution in [0.2, 0.25) is 0 Å². The molecule has 2 aromatic rings. The van der Waals surface area contributed by atoms with Crippen LogP contribution in [0.4, 0.5) is 11.4 Å². The number of fused-ring (bicyclic) bond motifs is 1. The third-order valence-electron chi connectivity index (χ3n) is 4.29. The number of benzene rings is 1. The van der Waals surface area contributed by atoms with Crippen molar-refractivity contribution in [2.45, 2.75) is 25.9 Å². The molecule has 0 amide bonds. The Labute approximate surface area is 128 Å². The van der Waals surface area contributed by atoms with Crippen LogP contribution < -0.4 is 16.2 Å². The van der Waals surface area contributed by atoms with Crippen LogP contribution in [0.5, 0.6) is 0 Å². The van der Waals surface area contributed by atoms with Crippen LogP contribution in [0.3, 0.4) is 0 Å². The first-order valence-electron chi connectivity index (χ1n) is 7.35. The summed E-state index contributed by atoms with van der Waals surface area (Å²) in [7, 11) is 0. The van der Waals surface area contributed by atoms with Crippen molar-refractivity contribution in [2.24, 2.45) is 5.92 Å². The zero-order valence-corrected chi connectivity index (χ0v) is 12.5. The third-order valence-corrected chi connectivity index (χ3v) is 4.29. The quantitative estimate of drug-likeness (QED) is 0.591. The minimum Gasteiger partial charge on any atom is -0.383 e. The number of nitro benzene ring substituents is 1. The number of non-ortho nitro benzene ring substituents is 1. The van der Waals surface area contributed by atoms with Gasteiger partial charge in [-0.2, -0.15) is 0 Å². The van der Waals surface area contributed by atoms with E-state index in [9.17, 15) is 10.1 Å². The molecule has 2 atom stereocenters. The van der Waals surface area contributed by atoms with E-state index < -0.39 is 0 Å². The number of nitrogens with zero attached hydrogens (tertiary/aromatic N) is 2. The number of hydrogen-bond acceptors (Lipinski definition) is 6. The maximum absolute atomic E-state index is 11.1. The van der Waals surface area contributed by atoms with E-state index in [1.54, 1.807) is 24.4 Å². The van der Waals surface area contributed by atoms with Crippen LogP contribution in [-0.4, -0.2) is 28.5 Å². The molecule has 3 N–H and O–H groups in total. The van der Waals surface area contributed by atoms with Gasteiger partial charge in [-0.05, 0) is 32.0 Å². The Morgan fingerprint density at radius 1 is 1.27 bits per heavy atom. The summed E-state index contributed by atoms with van der Waals surface area (Å²) in [5, 5.41) is 15.1. The van der Waals surface area contributed by atoms with Gasteiger partial charge in [0.2, 0.25) is 0 Å². The predicted octanol–water partition coefficient (Wildman–Crippen LogP) is 2.06. The lowest BCUT2D eigenvalue weighted by Gasteiger charge is -2.19. The van der Waals surface area contributed by atoms with Crippen molar-refractivity contribution >= 4 is 22.3 Å². The molecule has 0 radical (unpaired) electrons. The smallest absolute Gasteiger partial charge is 0.278 e. The molecule has 1 aliphatic heterocycles. The summed E-state index contributed by atoms with van der Waals surface area (Å²) in [5.41, 5.74) is 7.99. The van der Waals surface area contributed by atoms with Crippen LogP contribution in [-0.2, 0) is 0 Å². The Balaban J connectivity index is 1.88. The molecule has 1 aromatic carbocycles. The lowest BCUT2D eigenvalue weighted by Crippen LogP contribution is -2.30. The summed E-state index contributed by atoms with van der Waals surface area (Å²) in [5.74, 6) is 0.425. The van der Waals surface area contributed by atoms with E-state index in [2.05, 4.69) is 35.0 Å². The number of aromatic nitrogens is 1. The Hall–Kier alpha value is -2.25. The molecule has 3 rings (SSSR count). The van der Waals surface area contributed by atoms with Gasteiger partial charge in [0.15, 0.2) is 0 Å². The van der Waals surface area contributed by atoms with E-state index in [0.29, 0.717) is 28.9 Å². The van der Waals surface area contributed by atoms with Crippen molar-refractivity contribution in [3.8, 4) is 0 Å². The zero-order valence-electron chi connectivity index (χ0n) is 12.5. The average Bonchev–Trinajstić information content (AvgIpc) is 2.83. The first kappa shape index (κ1) is 14.7. The number of nitro groups is 1. The summed E-state index contributed by atoms with van der Waals surface area (Å²) in [4.78, 5) is 15.1. The predicted molar refractivity (Wildman–Crippen MR) is 85.6 cm³/mol. The van der Waals surface area contributed by atoms with Gasteiger partial charge in [-0.3, -0.25) is 25.9 Å². The zero-order chi connectivity index (χ0) is 15.7. The summed E-state index contributed by atoms with van der Waals surface area (Å²) in [6, 6.07) is 7.44. The summed E-state index contributed by atoms with van der Waals surface area (Å²) in [6.07, 6.45) is 1.65. The standard InChI is InChI=1S/C15H19N5O2/c1-9-12(10(2)19-18-9)8-17-13-5-6-14(20(21)22)11-4-3-7-16-15(11)13/h3-7,9-10,12,17-19H,8H2,1-2H3. The van der Waals surface area contributed by atoms with Crippen LogP contribution in [0.15, 0.2) is 30.5 Å².